The summed E-state index contributed by atoms with van der Waals surface area (Å²) in [5.41, 5.74) is 2.23. The van der Waals surface area contributed by atoms with Gasteiger partial charge in [-0.2, -0.15) is 10.1 Å². The number of halogens is 1. The molecule has 1 aliphatic carbocycles. The number of aromatic amines is 1. The van der Waals surface area contributed by atoms with Crippen molar-refractivity contribution in [2.75, 3.05) is 31.4 Å². The molecule has 0 spiro atoms. The van der Waals surface area contributed by atoms with Crippen LogP contribution in [0.4, 0.5) is 17.6 Å². The van der Waals surface area contributed by atoms with Crippen LogP contribution >= 0.6 is 15.9 Å². The Morgan fingerprint density at radius 2 is 2.06 bits per heavy atom. The standard InChI is InChI=1S/C22H24BrN7O2/c1-31-15-7-5-13(6-8-15)18(24)9-16(32-2)11-25-22-26-12-17(23)21(28-22)27-20-10-19(29-30-20)14-3-4-14/h5-10,12,14,24H,3-4,11H2,1-2H3,(H3,25,26,27,28,29,30)/b16-9-,24-18?. The first kappa shape index (κ1) is 21.8. The summed E-state index contributed by atoms with van der Waals surface area (Å²) in [6, 6.07) is 9.31. The molecule has 166 valence electrons. The van der Waals surface area contributed by atoms with E-state index >= 15 is 0 Å². The fourth-order valence-electron chi connectivity index (χ4n) is 3.03. The van der Waals surface area contributed by atoms with E-state index in [2.05, 4.69) is 46.7 Å². The summed E-state index contributed by atoms with van der Waals surface area (Å²) in [5.74, 6) is 3.66. The number of H-pyrrole nitrogens is 1. The van der Waals surface area contributed by atoms with Gasteiger partial charge in [-0.25, -0.2) is 4.98 Å². The molecule has 0 unspecified atom stereocenters. The number of hydrogen-bond acceptors (Lipinski definition) is 8. The lowest BCUT2D eigenvalue weighted by molar-refractivity contribution is 0.290. The van der Waals surface area contributed by atoms with Gasteiger partial charge in [-0.05, 0) is 58.6 Å². The molecule has 0 atom stereocenters. The second-order valence-electron chi connectivity index (χ2n) is 7.31. The van der Waals surface area contributed by atoms with E-state index in [9.17, 15) is 0 Å². The van der Waals surface area contributed by atoms with E-state index < -0.39 is 0 Å². The van der Waals surface area contributed by atoms with Crippen molar-refractivity contribution in [3.05, 3.63) is 64.1 Å². The third-order valence-corrected chi connectivity index (χ3v) is 5.58. The van der Waals surface area contributed by atoms with Crippen molar-refractivity contribution in [3.8, 4) is 5.75 Å². The molecule has 0 saturated heterocycles. The largest absolute Gasteiger partial charge is 0.499 e. The number of allylic oxidation sites excluding steroid dienone is 1. The summed E-state index contributed by atoms with van der Waals surface area (Å²) >= 11 is 3.47. The highest BCUT2D eigenvalue weighted by Crippen LogP contribution is 2.39. The number of nitrogens with zero attached hydrogens (tertiary/aromatic N) is 3. The zero-order valence-corrected chi connectivity index (χ0v) is 19.4. The molecule has 3 aromatic rings. The minimum Gasteiger partial charge on any atom is -0.499 e. The van der Waals surface area contributed by atoms with Crippen LogP contribution in [0.25, 0.3) is 0 Å². The lowest BCUT2D eigenvalue weighted by atomic mass is 10.1. The van der Waals surface area contributed by atoms with Gasteiger partial charge in [-0.3, -0.25) is 5.10 Å². The highest BCUT2D eigenvalue weighted by Gasteiger charge is 2.25. The number of hydrogen-bond donors (Lipinski definition) is 4. The molecule has 0 radical (unpaired) electrons. The van der Waals surface area contributed by atoms with Crippen LogP contribution in [0.3, 0.4) is 0 Å². The van der Waals surface area contributed by atoms with Crippen LogP contribution in [0.2, 0.25) is 0 Å². The second kappa shape index (κ2) is 9.82. The van der Waals surface area contributed by atoms with Gasteiger partial charge < -0.3 is 25.5 Å². The molecule has 10 heteroatoms. The number of anilines is 3. The first-order valence-corrected chi connectivity index (χ1v) is 10.9. The molecule has 4 rings (SSSR count). The Kier molecular flexibility index (Phi) is 6.69. The smallest absolute Gasteiger partial charge is 0.225 e. The average Bonchev–Trinajstić information content (AvgIpc) is 3.57. The van der Waals surface area contributed by atoms with Gasteiger partial charge in [0.25, 0.3) is 0 Å². The van der Waals surface area contributed by atoms with Gasteiger partial charge in [0.1, 0.15) is 11.5 Å². The van der Waals surface area contributed by atoms with E-state index in [0.29, 0.717) is 41.5 Å². The van der Waals surface area contributed by atoms with Crippen molar-refractivity contribution < 1.29 is 9.47 Å². The van der Waals surface area contributed by atoms with Gasteiger partial charge in [-0.1, -0.05) is 0 Å². The van der Waals surface area contributed by atoms with Crippen LogP contribution in [-0.2, 0) is 4.74 Å². The molecule has 1 fully saturated rings. The van der Waals surface area contributed by atoms with E-state index in [1.54, 1.807) is 26.5 Å². The van der Waals surface area contributed by atoms with Crippen LogP contribution < -0.4 is 15.4 Å². The van der Waals surface area contributed by atoms with Crippen LogP contribution in [-0.4, -0.2) is 46.6 Å². The van der Waals surface area contributed by atoms with Crippen molar-refractivity contribution in [3.63, 3.8) is 0 Å². The number of nitrogens with one attached hydrogen (secondary N) is 4. The number of rotatable bonds is 10. The summed E-state index contributed by atoms with van der Waals surface area (Å²) in [6.07, 6.45) is 5.74. The van der Waals surface area contributed by atoms with Crippen LogP contribution in [0.1, 0.15) is 30.0 Å². The molecule has 1 aliphatic rings. The van der Waals surface area contributed by atoms with E-state index in [-0.39, 0.29) is 0 Å². The minimum atomic E-state index is 0.324. The summed E-state index contributed by atoms with van der Waals surface area (Å²) in [6.45, 7) is 0.324. The molecule has 1 saturated carbocycles. The quantitative estimate of drug-likeness (QED) is 0.238. The van der Waals surface area contributed by atoms with E-state index in [1.807, 2.05) is 30.3 Å². The maximum absolute atomic E-state index is 8.32. The third kappa shape index (κ3) is 5.44. The maximum atomic E-state index is 8.32. The fraction of sp³-hybridized carbons (Fsp3) is 0.273. The molecule has 1 aromatic carbocycles. The number of aromatic nitrogens is 4. The molecular formula is C22H24BrN7O2. The zero-order chi connectivity index (χ0) is 22.5. The predicted octanol–water partition coefficient (Wildman–Crippen LogP) is 4.60. The average molecular weight is 498 g/mol. The van der Waals surface area contributed by atoms with Crippen molar-refractivity contribution in [1.82, 2.24) is 20.2 Å². The highest BCUT2D eigenvalue weighted by atomic mass is 79.9. The van der Waals surface area contributed by atoms with Gasteiger partial charge in [0.15, 0.2) is 11.6 Å². The maximum Gasteiger partial charge on any atom is 0.225 e. The summed E-state index contributed by atoms with van der Waals surface area (Å²) in [7, 11) is 3.18. The topological polar surface area (TPSA) is 121 Å². The Labute approximate surface area is 194 Å². The van der Waals surface area contributed by atoms with E-state index in [0.717, 1.165) is 21.5 Å². The molecule has 2 aromatic heterocycles. The Bertz CT molecular complexity index is 1120. The number of methoxy groups -OCH3 is 2. The Morgan fingerprint density at radius 1 is 1.28 bits per heavy atom. The lowest BCUT2D eigenvalue weighted by Gasteiger charge is -2.11. The van der Waals surface area contributed by atoms with Crippen molar-refractivity contribution in [1.29, 1.82) is 5.41 Å². The molecule has 0 aliphatic heterocycles. The summed E-state index contributed by atoms with van der Waals surface area (Å²) in [4.78, 5) is 8.81. The summed E-state index contributed by atoms with van der Waals surface area (Å²) < 4.78 is 11.3. The monoisotopic (exact) mass is 497 g/mol. The SMILES string of the molecule is CO/C(=C\C(=N)c1ccc(OC)cc1)CNc1ncc(Br)c(Nc2cc(C3CC3)[nH]n2)n1. The van der Waals surface area contributed by atoms with Gasteiger partial charge >= 0.3 is 0 Å². The van der Waals surface area contributed by atoms with Crippen molar-refractivity contribution in [2.24, 2.45) is 0 Å². The molecule has 9 nitrogen and oxygen atoms in total. The fourth-order valence-corrected chi connectivity index (χ4v) is 3.32. The minimum absolute atomic E-state index is 0.324. The number of ether oxygens (including phenoxy) is 2. The lowest BCUT2D eigenvalue weighted by Crippen LogP contribution is -2.11. The molecule has 2 heterocycles. The zero-order valence-electron chi connectivity index (χ0n) is 17.8. The van der Waals surface area contributed by atoms with Crippen LogP contribution in [0, 0.1) is 5.41 Å². The van der Waals surface area contributed by atoms with Crippen LogP contribution in [0.15, 0.2) is 52.8 Å². The van der Waals surface area contributed by atoms with Gasteiger partial charge in [0.05, 0.1) is 30.9 Å². The molecule has 4 N–H and O–H groups in total. The molecule has 0 bridgehead atoms. The molecule has 0 amide bonds. The van der Waals surface area contributed by atoms with Crippen molar-refractivity contribution in [2.45, 2.75) is 18.8 Å². The Hall–Kier alpha value is -3.40. The third-order valence-electron chi connectivity index (χ3n) is 4.99. The highest BCUT2D eigenvalue weighted by molar-refractivity contribution is 9.10. The molecular weight excluding hydrogens is 474 g/mol. The summed E-state index contributed by atoms with van der Waals surface area (Å²) in [5, 5.41) is 22.0. The second-order valence-corrected chi connectivity index (χ2v) is 8.16. The molecule has 32 heavy (non-hydrogen) atoms. The van der Waals surface area contributed by atoms with Crippen LogP contribution in [0.5, 0.6) is 5.75 Å². The Balaban J connectivity index is 1.40. The van der Waals surface area contributed by atoms with Crippen molar-refractivity contribution >= 4 is 39.2 Å². The predicted molar refractivity (Wildman–Crippen MR) is 127 cm³/mol. The normalized spacial score (nSPS) is 13.5. The number of benzene rings is 1. The van der Waals surface area contributed by atoms with E-state index in [1.165, 1.54) is 12.8 Å². The van der Waals surface area contributed by atoms with Gasteiger partial charge in [-0.15, -0.1) is 0 Å². The Morgan fingerprint density at radius 3 is 2.75 bits per heavy atom. The van der Waals surface area contributed by atoms with E-state index in [4.69, 9.17) is 14.9 Å². The van der Waals surface area contributed by atoms with Gasteiger partial charge in [0.2, 0.25) is 5.95 Å². The van der Waals surface area contributed by atoms with Gasteiger partial charge in [0, 0.05) is 30.0 Å². The first-order chi connectivity index (χ1) is 15.6. The first-order valence-electron chi connectivity index (χ1n) is 10.1.